The van der Waals surface area contributed by atoms with E-state index in [-0.39, 0.29) is 23.1 Å². The van der Waals surface area contributed by atoms with Crippen LogP contribution in [0.4, 0.5) is 0 Å². The molecule has 1 saturated heterocycles. The van der Waals surface area contributed by atoms with E-state index in [2.05, 4.69) is 16.8 Å². The average molecular weight is 346 g/mol. The van der Waals surface area contributed by atoms with Gasteiger partial charge in [0.05, 0.1) is 0 Å². The molecule has 3 rings (SSSR count). The lowest BCUT2D eigenvalue weighted by atomic mass is 10.1. The largest absolute Gasteiger partial charge is 0.336 e. The lowest BCUT2D eigenvalue weighted by molar-refractivity contribution is 0.0580. The predicted molar refractivity (Wildman–Crippen MR) is 94.4 cm³/mol. The Kier molecular flexibility index (Phi) is 5.02. The Balaban J connectivity index is 1.66. The second-order valence-corrected chi connectivity index (χ2v) is 6.35. The van der Waals surface area contributed by atoms with Crippen LogP contribution in [-0.4, -0.2) is 46.9 Å². The zero-order valence-electron chi connectivity index (χ0n) is 13.5. The number of nitrogens with one attached hydrogen (secondary N) is 1. The highest BCUT2D eigenvalue weighted by molar-refractivity contribution is 6.31. The number of nitrogens with zero attached hydrogens (tertiary/aromatic N) is 2. The molecule has 0 unspecified atom stereocenters. The number of piperazine rings is 1. The zero-order chi connectivity index (χ0) is 17.1. The summed E-state index contributed by atoms with van der Waals surface area (Å²) in [6.07, 6.45) is 1.53. The normalized spacial score (nSPS) is 16.8. The number of aromatic amines is 1. The molecule has 1 fully saturated rings. The lowest BCUT2D eigenvalue weighted by Gasteiger charge is -2.38. The summed E-state index contributed by atoms with van der Waals surface area (Å²) in [6, 6.07) is 11.3. The molecule has 1 aliphatic heterocycles. The monoisotopic (exact) mass is 345 g/mol. The van der Waals surface area contributed by atoms with Crippen LogP contribution in [0.15, 0.2) is 47.4 Å². The molecule has 1 N–H and O–H groups in total. The van der Waals surface area contributed by atoms with E-state index in [0.717, 1.165) is 23.7 Å². The van der Waals surface area contributed by atoms with Crippen molar-refractivity contribution in [2.24, 2.45) is 0 Å². The molecule has 5 nitrogen and oxygen atoms in total. The Labute approximate surface area is 145 Å². The molecule has 0 spiro atoms. The van der Waals surface area contributed by atoms with Crippen LogP contribution < -0.4 is 5.56 Å². The Bertz CT molecular complexity index is 782. The van der Waals surface area contributed by atoms with Gasteiger partial charge in [-0.05, 0) is 30.7 Å². The molecule has 1 atom stereocenters. The van der Waals surface area contributed by atoms with Gasteiger partial charge < -0.3 is 9.88 Å². The maximum absolute atomic E-state index is 12.5. The summed E-state index contributed by atoms with van der Waals surface area (Å²) in [5.41, 5.74) is 0.956. The summed E-state index contributed by atoms with van der Waals surface area (Å²) >= 11 is 6.29. The summed E-state index contributed by atoms with van der Waals surface area (Å²) in [7, 11) is 0. The summed E-state index contributed by atoms with van der Waals surface area (Å²) < 4.78 is 0. The number of H-pyrrole nitrogens is 1. The number of aromatic nitrogens is 1. The van der Waals surface area contributed by atoms with Crippen molar-refractivity contribution in [1.29, 1.82) is 0 Å². The summed E-state index contributed by atoms with van der Waals surface area (Å²) in [5.74, 6) is -0.207. The van der Waals surface area contributed by atoms with E-state index < -0.39 is 0 Å². The fraction of sp³-hybridized carbons (Fsp3) is 0.333. The highest BCUT2D eigenvalue weighted by atomic mass is 35.5. The fourth-order valence-corrected chi connectivity index (χ4v) is 3.38. The number of benzene rings is 1. The molecule has 2 aromatic rings. The van der Waals surface area contributed by atoms with Gasteiger partial charge in [0.15, 0.2) is 0 Å². The third-order valence-corrected chi connectivity index (χ3v) is 4.90. The molecule has 1 aliphatic rings. The number of carbonyl (C=O) groups is 1. The van der Waals surface area contributed by atoms with Gasteiger partial charge in [0.2, 0.25) is 0 Å². The average Bonchev–Trinajstić information content (AvgIpc) is 2.61. The van der Waals surface area contributed by atoms with Crippen molar-refractivity contribution in [2.75, 3.05) is 26.2 Å². The first-order chi connectivity index (χ1) is 11.6. The van der Waals surface area contributed by atoms with Crippen molar-refractivity contribution >= 4 is 17.5 Å². The summed E-state index contributed by atoms with van der Waals surface area (Å²) in [4.78, 5) is 30.8. The summed E-state index contributed by atoms with van der Waals surface area (Å²) in [5, 5.41) is 0.763. The minimum Gasteiger partial charge on any atom is -0.336 e. The number of hydrogen-bond donors (Lipinski definition) is 1. The lowest BCUT2D eigenvalue weighted by Crippen LogP contribution is -2.50. The second-order valence-electron chi connectivity index (χ2n) is 5.94. The van der Waals surface area contributed by atoms with Crippen LogP contribution in [0, 0.1) is 0 Å². The first kappa shape index (κ1) is 16.7. The molecule has 1 amide bonds. The number of carbonyl (C=O) groups excluding carboxylic acids is 1. The molecule has 24 heavy (non-hydrogen) atoms. The van der Waals surface area contributed by atoms with Gasteiger partial charge in [-0.3, -0.25) is 14.5 Å². The first-order valence-electron chi connectivity index (χ1n) is 8.03. The second kappa shape index (κ2) is 7.20. The molecule has 0 radical (unpaired) electrons. The molecule has 6 heteroatoms. The van der Waals surface area contributed by atoms with E-state index in [0.29, 0.717) is 13.1 Å². The van der Waals surface area contributed by atoms with E-state index in [4.69, 9.17) is 11.6 Å². The topological polar surface area (TPSA) is 56.4 Å². The highest BCUT2D eigenvalue weighted by Gasteiger charge is 2.27. The van der Waals surface area contributed by atoms with Crippen LogP contribution in [0.3, 0.4) is 0 Å². The van der Waals surface area contributed by atoms with Crippen LogP contribution >= 0.6 is 11.6 Å². The number of amides is 1. The van der Waals surface area contributed by atoms with Gasteiger partial charge in [0.1, 0.15) is 5.56 Å². The molecule has 1 aromatic heterocycles. The quantitative estimate of drug-likeness (QED) is 0.930. The third-order valence-electron chi connectivity index (χ3n) is 4.55. The SMILES string of the molecule is C[C@@H](c1ccccc1Cl)N1CCN(C(=O)c2ccc[nH]c2=O)CC1. The molecule has 126 valence electrons. The molecular weight excluding hydrogens is 326 g/mol. The van der Waals surface area contributed by atoms with Crippen LogP contribution in [0.1, 0.15) is 28.9 Å². The number of hydrogen-bond acceptors (Lipinski definition) is 3. The number of pyridine rings is 1. The molecule has 2 heterocycles. The van der Waals surface area contributed by atoms with Gasteiger partial charge in [-0.25, -0.2) is 0 Å². The molecule has 0 bridgehead atoms. The standard InChI is InChI=1S/C18H20ClN3O2/c1-13(14-5-2-3-7-16(14)19)21-9-11-22(12-10-21)18(24)15-6-4-8-20-17(15)23/h2-8,13H,9-12H2,1H3,(H,20,23)/t13-/m0/s1. The Morgan fingerprint density at radius 1 is 1.12 bits per heavy atom. The van der Waals surface area contributed by atoms with Crippen molar-refractivity contribution in [3.05, 3.63) is 69.1 Å². The van der Waals surface area contributed by atoms with E-state index in [9.17, 15) is 9.59 Å². The minimum atomic E-state index is -0.339. The first-order valence-corrected chi connectivity index (χ1v) is 8.41. The molecular formula is C18H20ClN3O2. The Morgan fingerprint density at radius 2 is 1.83 bits per heavy atom. The summed E-state index contributed by atoms with van der Waals surface area (Å²) in [6.45, 7) is 4.83. The van der Waals surface area contributed by atoms with E-state index in [1.807, 2.05) is 24.3 Å². The van der Waals surface area contributed by atoms with Gasteiger partial charge in [0, 0.05) is 43.4 Å². The Hall–Kier alpha value is -2.11. The van der Waals surface area contributed by atoms with Gasteiger partial charge in [-0.2, -0.15) is 0 Å². The maximum atomic E-state index is 12.5. The van der Waals surface area contributed by atoms with E-state index >= 15 is 0 Å². The van der Waals surface area contributed by atoms with Crippen LogP contribution in [0.2, 0.25) is 5.02 Å². The molecule has 0 saturated carbocycles. The van der Waals surface area contributed by atoms with Gasteiger partial charge in [0.25, 0.3) is 11.5 Å². The molecule has 0 aliphatic carbocycles. The fourth-order valence-electron chi connectivity index (χ4n) is 3.08. The predicted octanol–water partition coefficient (Wildman–Crippen LogP) is 2.55. The van der Waals surface area contributed by atoms with Crippen molar-refractivity contribution in [3.63, 3.8) is 0 Å². The van der Waals surface area contributed by atoms with Gasteiger partial charge in [-0.1, -0.05) is 29.8 Å². The zero-order valence-corrected chi connectivity index (χ0v) is 14.3. The third kappa shape index (κ3) is 3.37. The molecule has 1 aromatic carbocycles. The van der Waals surface area contributed by atoms with Crippen molar-refractivity contribution in [3.8, 4) is 0 Å². The van der Waals surface area contributed by atoms with Crippen molar-refractivity contribution in [1.82, 2.24) is 14.8 Å². The smallest absolute Gasteiger partial charge is 0.260 e. The number of halogens is 1. The van der Waals surface area contributed by atoms with Crippen LogP contribution in [-0.2, 0) is 0 Å². The maximum Gasteiger partial charge on any atom is 0.260 e. The number of rotatable bonds is 3. The van der Waals surface area contributed by atoms with Gasteiger partial charge >= 0.3 is 0 Å². The van der Waals surface area contributed by atoms with E-state index in [1.54, 1.807) is 17.0 Å². The Morgan fingerprint density at radius 3 is 2.50 bits per heavy atom. The van der Waals surface area contributed by atoms with E-state index in [1.165, 1.54) is 6.20 Å². The van der Waals surface area contributed by atoms with Gasteiger partial charge in [-0.15, -0.1) is 0 Å². The van der Waals surface area contributed by atoms with Crippen LogP contribution in [0.25, 0.3) is 0 Å². The van der Waals surface area contributed by atoms with Crippen LogP contribution in [0.5, 0.6) is 0 Å². The van der Waals surface area contributed by atoms with Crippen molar-refractivity contribution in [2.45, 2.75) is 13.0 Å². The van der Waals surface area contributed by atoms with Crippen molar-refractivity contribution < 1.29 is 4.79 Å². The highest BCUT2D eigenvalue weighted by Crippen LogP contribution is 2.27. The minimum absolute atomic E-state index is 0.191.